The molecule has 2 aliphatic rings. The molecule has 0 spiro atoms. The number of thioether (sulfide) groups is 1. The Morgan fingerprint density at radius 2 is 2.00 bits per heavy atom. The van der Waals surface area contributed by atoms with E-state index in [9.17, 15) is 8.42 Å². The highest BCUT2D eigenvalue weighted by Gasteiger charge is 2.41. The summed E-state index contributed by atoms with van der Waals surface area (Å²) in [5, 5.41) is 3.61. The minimum atomic E-state index is -2.80. The lowest BCUT2D eigenvalue weighted by Crippen LogP contribution is -2.52. The first-order chi connectivity index (χ1) is 7.70. The quantitative estimate of drug-likeness (QED) is 0.834. The SMILES string of the molecule is CC1(C)CSCC(NC2(C)CCS(=O)(=O)C2)C1. The Kier molecular flexibility index (Phi) is 3.56. The predicted octanol–water partition coefficient (Wildman–Crippen LogP) is 1.68. The molecule has 0 aromatic heterocycles. The van der Waals surface area contributed by atoms with Gasteiger partial charge in [0.25, 0.3) is 0 Å². The summed E-state index contributed by atoms with van der Waals surface area (Å²) in [7, 11) is -2.80. The maximum atomic E-state index is 11.6. The molecule has 2 heterocycles. The van der Waals surface area contributed by atoms with E-state index in [1.165, 1.54) is 5.75 Å². The standard InChI is InChI=1S/C12H23NO2S2/c1-11(2)6-10(7-16-8-11)13-12(3)4-5-17(14,15)9-12/h10,13H,4-9H2,1-3H3. The third kappa shape index (κ3) is 3.61. The van der Waals surface area contributed by atoms with Crippen LogP contribution in [0.1, 0.15) is 33.6 Å². The largest absolute Gasteiger partial charge is 0.307 e. The molecule has 2 rings (SSSR count). The lowest BCUT2D eigenvalue weighted by Gasteiger charge is -2.39. The molecule has 0 amide bonds. The van der Waals surface area contributed by atoms with Crippen LogP contribution in [-0.4, -0.2) is 43.0 Å². The van der Waals surface area contributed by atoms with Crippen LogP contribution >= 0.6 is 11.8 Å². The summed E-state index contributed by atoms with van der Waals surface area (Å²) in [6, 6.07) is 0.460. The van der Waals surface area contributed by atoms with E-state index in [4.69, 9.17) is 0 Å². The Bertz CT molecular complexity index is 391. The summed E-state index contributed by atoms with van der Waals surface area (Å²) in [5.74, 6) is 2.97. The van der Waals surface area contributed by atoms with Crippen molar-refractivity contribution in [2.45, 2.75) is 45.2 Å². The minimum absolute atomic E-state index is 0.197. The molecule has 0 bridgehead atoms. The van der Waals surface area contributed by atoms with Gasteiger partial charge in [-0.1, -0.05) is 13.8 Å². The number of hydrogen-bond acceptors (Lipinski definition) is 4. The third-order valence-corrected chi connectivity index (χ3v) is 7.19. The van der Waals surface area contributed by atoms with Crippen molar-refractivity contribution >= 4 is 21.6 Å². The molecule has 2 atom stereocenters. The van der Waals surface area contributed by atoms with Gasteiger partial charge in [0.05, 0.1) is 11.5 Å². The summed E-state index contributed by atoms with van der Waals surface area (Å²) in [6.45, 7) is 6.65. The lowest BCUT2D eigenvalue weighted by molar-refractivity contribution is 0.268. The van der Waals surface area contributed by atoms with Crippen molar-refractivity contribution in [2.75, 3.05) is 23.0 Å². The molecule has 0 radical (unpaired) electrons. The number of sulfone groups is 1. The van der Waals surface area contributed by atoms with Crippen LogP contribution in [0.25, 0.3) is 0 Å². The summed E-state index contributed by atoms with van der Waals surface area (Å²) in [4.78, 5) is 0. The summed E-state index contributed by atoms with van der Waals surface area (Å²) >= 11 is 1.98. The molecule has 17 heavy (non-hydrogen) atoms. The van der Waals surface area contributed by atoms with Crippen molar-refractivity contribution < 1.29 is 8.42 Å². The average molecular weight is 277 g/mol. The van der Waals surface area contributed by atoms with Gasteiger partial charge in [0.2, 0.25) is 0 Å². The Balaban J connectivity index is 1.97. The van der Waals surface area contributed by atoms with Gasteiger partial charge in [-0.15, -0.1) is 0 Å². The van der Waals surface area contributed by atoms with Crippen molar-refractivity contribution in [3.8, 4) is 0 Å². The zero-order valence-electron chi connectivity index (χ0n) is 11.0. The molecule has 100 valence electrons. The van der Waals surface area contributed by atoms with E-state index in [1.54, 1.807) is 0 Å². The second-order valence-corrected chi connectivity index (χ2v) is 9.84. The van der Waals surface area contributed by atoms with Gasteiger partial charge in [-0.05, 0) is 30.9 Å². The van der Waals surface area contributed by atoms with Crippen molar-refractivity contribution in [3.05, 3.63) is 0 Å². The van der Waals surface area contributed by atoms with Gasteiger partial charge < -0.3 is 5.32 Å². The number of hydrogen-bond donors (Lipinski definition) is 1. The molecular weight excluding hydrogens is 254 g/mol. The summed E-state index contributed by atoms with van der Waals surface area (Å²) < 4.78 is 23.1. The highest BCUT2D eigenvalue weighted by molar-refractivity contribution is 7.99. The van der Waals surface area contributed by atoms with Crippen LogP contribution in [0.15, 0.2) is 0 Å². The molecule has 0 aliphatic carbocycles. The molecule has 0 saturated carbocycles. The normalized spacial score (nSPS) is 40.3. The Hall–Kier alpha value is 0.260. The Morgan fingerprint density at radius 1 is 1.29 bits per heavy atom. The molecule has 2 aliphatic heterocycles. The second kappa shape index (κ2) is 4.42. The molecular formula is C12H23NO2S2. The Labute approximate surface area is 109 Å². The maximum absolute atomic E-state index is 11.6. The number of rotatable bonds is 2. The van der Waals surface area contributed by atoms with Gasteiger partial charge in [-0.25, -0.2) is 8.42 Å². The first-order valence-electron chi connectivity index (χ1n) is 6.26. The first kappa shape index (κ1) is 13.7. The second-order valence-electron chi connectivity index (χ2n) is 6.63. The fourth-order valence-electron chi connectivity index (χ4n) is 2.97. The van der Waals surface area contributed by atoms with Crippen LogP contribution in [0.5, 0.6) is 0 Å². The van der Waals surface area contributed by atoms with Crippen LogP contribution in [-0.2, 0) is 9.84 Å². The maximum Gasteiger partial charge on any atom is 0.152 e. The highest BCUT2D eigenvalue weighted by atomic mass is 32.2. The van der Waals surface area contributed by atoms with E-state index >= 15 is 0 Å². The highest BCUT2D eigenvalue weighted by Crippen LogP contribution is 2.35. The molecule has 0 aromatic rings. The monoisotopic (exact) mass is 277 g/mol. The zero-order chi connectivity index (χ0) is 12.7. The first-order valence-corrected chi connectivity index (χ1v) is 9.23. The fraction of sp³-hybridized carbons (Fsp3) is 1.00. The van der Waals surface area contributed by atoms with Crippen molar-refractivity contribution in [1.82, 2.24) is 5.32 Å². The van der Waals surface area contributed by atoms with Crippen molar-refractivity contribution in [3.63, 3.8) is 0 Å². The van der Waals surface area contributed by atoms with E-state index in [-0.39, 0.29) is 5.54 Å². The van der Waals surface area contributed by atoms with Crippen molar-refractivity contribution in [1.29, 1.82) is 0 Å². The van der Waals surface area contributed by atoms with Gasteiger partial charge >= 0.3 is 0 Å². The van der Waals surface area contributed by atoms with Crippen LogP contribution < -0.4 is 5.32 Å². The Morgan fingerprint density at radius 3 is 2.53 bits per heavy atom. The van der Waals surface area contributed by atoms with E-state index < -0.39 is 9.84 Å². The topological polar surface area (TPSA) is 46.2 Å². The van der Waals surface area contributed by atoms with Gasteiger partial charge in [0.15, 0.2) is 9.84 Å². The minimum Gasteiger partial charge on any atom is -0.307 e. The van der Waals surface area contributed by atoms with Crippen LogP contribution in [0, 0.1) is 5.41 Å². The van der Waals surface area contributed by atoms with E-state index in [0.29, 0.717) is 23.0 Å². The molecule has 2 saturated heterocycles. The molecule has 2 fully saturated rings. The van der Waals surface area contributed by atoms with Crippen molar-refractivity contribution in [2.24, 2.45) is 5.41 Å². The van der Waals surface area contributed by atoms with E-state index in [0.717, 1.165) is 18.6 Å². The molecule has 5 heteroatoms. The van der Waals surface area contributed by atoms with E-state index in [2.05, 4.69) is 26.1 Å². The van der Waals surface area contributed by atoms with Gasteiger partial charge in [0, 0.05) is 17.3 Å². The summed E-state index contributed by atoms with van der Waals surface area (Å²) in [5.41, 5.74) is 0.173. The van der Waals surface area contributed by atoms with Gasteiger partial charge in [0.1, 0.15) is 0 Å². The van der Waals surface area contributed by atoms with Gasteiger partial charge in [-0.3, -0.25) is 0 Å². The van der Waals surface area contributed by atoms with Crippen LogP contribution in [0.4, 0.5) is 0 Å². The third-order valence-electron chi connectivity index (χ3n) is 3.67. The fourth-order valence-corrected chi connectivity index (χ4v) is 6.35. The lowest BCUT2D eigenvalue weighted by atomic mass is 9.86. The molecule has 2 unspecified atom stereocenters. The molecule has 3 nitrogen and oxygen atoms in total. The van der Waals surface area contributed by atoms with Crippen LogP contribution in [0.2, 0.25) is 0 Å². The van der Waals surface area contributed by atoms with Gasteiger partial charge in [-0.2, -0.15) is 11.8 Å². The molecule has 0 aromatic carbocycles. The predicted molar refractivity (Wildman–Crippen MR) is 74.3 cm³/mol. The summed E-state index contributed by atoms with van der Waals surface area (Å²) in [6.07, 6.45) is 1.91. The smallest absolute Gasteiger partial charge is 0.152 e. The zero-order valence-corrected chi connectivity index (χ0v) is 12.6. The number of nitrogens with one attached hydrogen (secondary N) is 1. The van der Waals surface area contributed by atoms with Crippen LogP contribution in [0.3, 0.4) is 0 Å². The van der Waals surface area contributed by atoms with E-state index in [1.807, 2.05) is 11.8 Å². The molecule has 1 N–H and O–H groups in total. The average Bonchev–Trinajstić information content (AvgIpc) is 2.38.